The van der Waals surface area contributed by atoms with Crippen LogP contribution in [-0.2, 0) is 5.41 Å². The Hall–Kier alpha value is -7.16. The highest BCUT2D eigenvalue weighted by Gasteiger charge is 2.46. The molecule has 0 aliphatic heterocycles. The van der Waals surface area contributed by atoms with Gasteiger partial charge in [0.25, 0.3) is 0 Å². The van der Waals surface area contributed by atoms with E-state index in [9.17, 15) is 0 Å². The van der Waals surface area contributed by atoms with Gasteiger partial charge in [-0.3, -0.25) is 0 Å². The van der Waals surface area contributed by atoms with Crippen LogP contribution < -0.4 is 4.90 Å². The van der Waals surface area contributed by atoms with Gasteiger partial charge in [-0.2, -0.15) is 0 Å². The molecule has 0 saturated carbocycles. The van der Waals surface area contributed by atoms with Gasteiger partial charge in [-0.1, -0.05) is 170 Å². The van der Waals surface area contributed by atoms with E-state index >= 15 is 0 Å². The number of para-hydroxylation sites is 2. The fourth-order valence-corrected chi connectivity index (χ4v) is 9.14. The molecule has 0 spiro atoms. The fraction of sp³-hybridized carbons (Fsp3) is 0.0189. The molecule has 0 N–H and O–H groups in total. The molecule has 0 atom stereocenters. The monoisotopic (exact) mass is 701 g/mol. The minimum Gasteiger partial charge on any atom is -0.455 e. The van der Waals surface area contributed by atoms with Gasteiger partial charge < -0.3 is 9.32 Å². The number of hydrogen-bond acceptors (Lipinski definition) is 2. The van der Waals surface area contributed by atoms with Crippen molar-refractivity contribution in [2.45, 2.75) is 5.41 Å². The van der Waals surface area contributed by atoms with E-state index in [1.807, 2.05) is 0 Å². The number of hydrogen-bond donors (Lipinski definition) is 0. The molecule has 1 aliphatic rings. The maximum atomic E-state index is 6.72. The molecule has 10 aromatic rings. The first-order chi connectivity index (χ1) is 27.3. The first-order valence-corrected chi connectivity index (χ1v) is 18.9. The Bertz CT molecular complexity index is 2980. The Morgan fingerprint density at radius 3 is 1.67 bits per heavy atom. The van der Waals surface area contributed by atoms with E-state index < -0.39 is 5.41 Å². The molecule has 0 amide bonds. The van der Waals surface area contributed by atoms with Gasteiger partial charge in [0.05, 0.1) is 5.41 Å². The normalized spacial score (nSPS) is 12.9. The van der Waals surface area contributed by atoms with Crippen LogP contribution in [0.3, 0.4) is 0 Å². The quantitative estimate of drug-likeness (QED) is 0.172. The topological polar surface area (TPSA) is 16.4 Å². The second-order valence-electron chi connectivity index (χ2n) is 14.4. The maximum Gasteiger partial charge on any atom is 0.143 e. The smallest absolute Gasteiger partial charge is 0.143 e. The number of furan rings is 1. The van der Waals surface area contributed by atoms with Crippen molar-refractivity contribution >= 4 is 49.8 Å². The van der Waals surface area contributed by atoms with E-state index in [1.54, 1.807) is 0 Å². The Morgan fingerprint density at radius 1 is 0.345 bits per heavy atom. The molecule has 1 aromatic heterocycles. The van der Waals surface area contributed by atoms with Crippen molar-refractivity contribution in [2.75, 3.05) is 4.90 Å². The minimum atomic E-state index is -0.479. The Labute approximate surface area is 320 Å². The van der Waals surface area contributed by atoms with Crippen LogP contribution in [0.25, 0.3) is 55.0 Å². The summed E-state index contributed by atoms with van der Waals surface area (Å²) in [6, 6.07) is 76.9. The van der Waals surface area contributed by atoms with Crippen LogP contribution in [0.5, 0.6) is 0 Å². The molecule has 258 valence electrons. The molecule has 0 fully saturated rings. The summed E-state index contributed by atoms with van der Waals surface area (Å²) in [7, 11) is 0. The molecule has 0 saturated heterocycles. The molecule has 2 heteroatoms. The first kappa shape index (κ1) is 31.4. The third-order valence-corrected chi connectivity index (χ3v) is 11.5. The number of rotatable bonds is 6. The van der Waals surface area contributed by atoms with Crippen molar-refractivity contribution in [2.24, 2.45) is 0 Å². The van der Waals surface area contributed by atoms with E-state index in [-0.39, 0.29) is 0 Å². The molecule has 11 rings (SSSR count). The number of fused-ring (bicyclic) bond motifs is 8. The highest BCUT2D eigenvalue weighted by atomic mass is 16.3. The van der Waals surface area contributed by atoms with Gasteiger partial charge in [-0.15, -0.1) is 0 Å². The van der Waals surface area contributed by atoms with Gasteiger partial charge in [0.1, 0.15) is 11.2 Å². The molecular formula is C53H35NO. The summed E-state index contributed by atoms with van der Waals surface area (Å²) < 4.78 is 6.72. The number of benzene rings is 9. The van der Waals surface area contributed by atoms with Gasteiger partial charge in [0, 0.05) is 38.8 Å². The van der Waals surface area contributed by atoms with Crippen LogP contribution in [0.4, 0.5) is 17.1 Å². The third kappa shape index (κ3) is 4.75. The predicted molar refractivity (Wildman–Crippen MR) is 229 cm³/mol. The molecular weight excluding hydrogens is 667 g/mol. The predicted octanol–water partition coefficient (Wildman–Crippen LogP) is 14.2. The van der Waals surface area contributed by atoms with Crippen LogP contribution in [0.15, 0.2) is 217 Å². The molecule has 2 nitrogen and oxygen atoms in total. The third-order valence-electron chi connectivity index (χ3n) is 11.5. The summed E-state index contributed by atoms with van der Waals surface area (Å²) in [4.78, 5) is 2.38. The Kier molecular flexibility index (Phi) is 7.11. The summed E-state index contributed by atoms with van der Waals surface area (Å²) >= 11 is 0. The second-order valence-corrected chi connectivity index (χ2v) is 14.4. The van der Waals surface area contributed by atoms with E-state index in [0.29, 0.717) is 0 Å². The Morgan fingerprint density at radius 2 is 0.909 bits per heavy atom. The summed E-state index contributed by atoms with van der Waals surface area (Å²) in [5.74, 6) is 0. The SMILES string of the molecule is c1ccc(N(c2ccc(-c3cccc4c3oc3c5ccccc5ccc43)cc2)c2ccc3c(c2)C(c2ccccc2)(c2ccccc2)c2ccccc2-3)cc1. The van der Waals surface area contributed by atoms with E-state index in [1.165, 1.54) is 38.8 Å². The van der Waals surface area contributed by atoms with Crippen molar-refractivity contribution in [3.05, 3.63) is 235 Å². The number of nitrogens with zero attached hydrogens (tertiary/aromatic N) is 1. The van der Waals surface area contributed by atoms with E-state index in [4.69, 9.17) is 4.42 Å². The Balaban J connectivity index is 1.08. The molecule has 0 bridgehead atoms. The van der Waals surface area contributed by atoms with Crippen molar-refractivity contribution in [1.82, 2.24) is 0 Å². The van der Waals surface area contributed by atoms with Gasteiger partial charge in [0.2, 0.25) is 0 Å². The lowest BCUT2D eigenvalue weighted by Gasteiger charge is -2.35. The van der Waals surface area contributed by atoms with Crippen LogP contribution in [0.2, 0.25) is 0 Å². The van der Waals surface area contributed by atoms with Crippen molar-refractivity contribution in [1.29, 1.82) is 0 Å². The van der Waals surface area contributed by atoms with Crippen LogP contribution >= 0.6 is 0 Å². The lowest BCUT2D eigenvalue weighted by molar-refractivity contribution is 0.674. The van der Waals surface area contributed by atoms with Crippen molar-refractivity contribution < 1.29 is 4.42 Å². The fourth-order valence-electron chi connectivity index (χ4n) is 9.14. The highest BCUT2D eigenvalue weighted by molar-refractivity contribution is 6.17. The summed E-state index contributed by atoms with van der Waals surface area (Å²) in [5, 5.41) is 4.59. The van der Waals surface area contributed by atoms with Crippen LogP contribution in [-0.4, -0.2) is 0 Å². The molecule has 9 aromatic carbocycles. The molecule has 1 aliphatic carbocycles. The maximum absolute atomic E-state index is 6.72. The molecule has 0 radical (unpaired) electrons. The highest BCUT2D eigenvalue weighted by Crippen LogP contribution is 2.57. The summed E-state index contributed by atoms with van der Waals surface area (Å²) in [6.45, 7) is 0. The van der Waals surface area contributed by atoms with E-state index in [2.05, 4.69) is 217 Å². The van der Waals surface area contributed by atoms with Crippen LogP contribution in [0, 0.1) is 0 Å². The van der Waals surface area contributed by atoms with Gasteiger partial charge in [0.15, 0.2) is 0 Å². The zero-order valence-corrected chi connectivity index (χ0v) is 30.1. The standard InChI is InChI=1S/C53H35NO/c1-4-16-38(17-5-1)53(39-18-6-2-7-19-39)49-26-13-12-23-45(49)46-34-32-42(35-50(46)53)54(40-20-8-3-9-21-40)41-30-27-37(28-31-41)44-24-14-25-47-48-33-29-36-15-10-11-22-43(36)52(48)55-51(44)47/h1-35H. The average Bonchev–Trinajstić information content (AvgIpc) is 3.79. The van der Waals surface area contributed by atoms with Crippen molar-refractivity contribution in [3.8, 4) is 22.3 Å². The number of anilines is 3. The summed E-state index contributed by atoms with van der Waals surface area (Å²) in [6.07, 6.45) is 0. The van der Waals surface area contributed by atoms with Gasteiger partial charge in [-0.05, 0) is 86.8 Å². The largest absolute Gasteiger partial charge is 0.455 e. The summed E-state index contributed by atoms with van der Waals surface area (Å²) in [5.41, 5.74) is 14.5. The lowest BCUT2D eigenvalue weighted by atomic mass is 9.67. The van der Waals surface area contributed by atoms with Gasteiger partial charge >= 0.3 is 0 Å². The zero-order chi connectivity index (χ0) is 36.3. The zero-order valence-electron chi connectivity index (χ0n) is 30.1. The van der Waals surface area contributed by atoms with E-state index in [0.717, 1.165) is 55.5 Å². The molecule has 1 heterocycles. The van der Waals surface area contributed by atoms with Gasteiger partial charge in [-0.25, -0.2) is 0 Å². The minimum absolute atomic E-state index is 0.479. The average molecular weight is 702 g/mol. The van der Waals surface area contributed by atoms with Crippen molar-refractivity contribution in [3.63, 3.8) is 0 Å². The molecule has 55 heavy (non-hydrogen) atoms. The second kappa shape index (κ2) is 12.5. The lowest BCUT2D eigenvalue weighted by Crippen LogP contribution is -2.28. The molecule has 0 unspecified atom stereocenters. The van der Waals surface area contributed by atoms with Crippen LogP contribution in [0.1, 0.15) is 22.3 Å². The first-order valence-electron chi connectivity index (χ1n) is 18.9.